The van der Waals surface area contributed by atoms with Crippen molar-refractivity contribution in [2.75, 3.05) is 26.8 Å². The highest BCUT2D eigenvalue weighted by molar-refractivity contribution is 6.06. The number of benzene rings is 4. The van der Waals surface area contributed by atoms with Crippen molar-refractivity contribution in [1.29, 1.82) is 0 Å². The second-order valence-corrected chi connectivity index (χ2v) is 10.9. The molecule has 2 N–H and O–H groups in total. The van der Waals surface area contributed by atoms with Gasteiger partial charge in [0.05, 0.1) is 26.2 Å². The van der Waals surface area contributed by atoms with Crippen molar-refractivity contribution >= 4 is 17.8 Å². The zero-order valence-electron chi connectivity index (χ0n) is 24.7. The van der Waals surface area contributed by atoms with Gasteiger partial charge < -0.3 is 24.7 Å². The predicted octanol–water partition coefficient (Wildman–Crippen LogP) is 5.08. The second-order valence-electron chi connectivity index (χ2n) is 10.9. The van der Waals surface area contributed by atoms with E-state index in [9.17, 15) is 24.6 Å². The van der Waals surface area contributed by atoms with Gasteiger partial charge in [-0.25, -0.2) is 0 Å². The minimum absolute atomic E-state index is 0.0401. The number of hydrogen-bond acceptors (Lipinski definition) is 5. The lowest BCUT2D eigenvalue weighted by molar-refractivity contribution is -0.137. The van der Waals surface area contributed by atoms with E-state index in [2.05, 4.69) is 0 Å². The van der Waals surface area contributed by atoms with Gasteiger partial charge in [-0.15, -0.1) is 0 Å². The smallest absolute Gasteiger partial charge is 0.305 e. The molecule has 44 heavy (non-hydrogen) atoms. The molecule has 0 aromatic heterocycles. The van der Waals surface area contributed by atoms with Crippen LogP contribution in [0, 0.1) is 0 Å². The van der Waals surface area contributed by atoms with Crippen LogP contribution in [0.25, 0.3) is 11.1 Å². The molecule has 0 saturated heterocycles. The summed E-state index contributed by atoms with van der Waals surface area (Å²) in [7, 11) is 1.59. The number of carboxylic acids is 1. The highest BCUT2D eigenvalue weighted by Crippen LogP contribution is 2.32. The van der Waals surface area contributed by atoms with E-state index in [0.717, 1.165) is 16.7 Å². The maximum atomic E-state index is 14.1. The molecule has 1 atom stereocenters. The number of nitrogens with zero attached hydrogens (tertiary/aromatic N) is 2. The molecule has 1 heterocycles. The number of aliphatic carboxylic acids is 1. The fourth-order valence-corrected chi connectivity index (χ4v) is 5.76. The molecule has 0 bridgehead atoms. The topological polar surface area (TPSA) is 107 Å². The Balaban J connectivity index is 1.46. The van der Waals surface area contributed by atoms with E-state index in [1.807, 2.05) is 72.8 Å². The molecule has 4 aromatic carbocycles. The van der Waals surface area contributed by atoms with Gasteiger partial charge in [0.15, 0.2) is 0 Å². The SMILES string of the molecule is COc1cccc(CCN(CCC(=O)O)C(=O)c2ccccc2-c2ccccc2C(=O)N2Cc3ccccc3C[C@H]2CO)c1. The first kappa shape index (κ1) is 30.5. The minimum atomic E-state index is -0.991. The van der Waals surface area contributed by atoms with Crippen molar-refractivity contribution in [3.8, 4) is 16.9 Å². The van der Waals surface area contributed by atoms with Crippen LogP contribution in [0.1, 0.15) is 43.8 Å². The van der Waals surface area contributed by atoms with Gasteiger partial charge in [0.25, 0.3) is 11.8 Å². The Morgan fingerprint density at radius 1 is 0.841 bits per heavy atom. The number of carbonyl (C=O) groups excluding carboxylic acids is 2. The first-order valence-corrected chi connectivity index (χ1v) is 14.7. The molecule has 1 aliphatic heterocycles. The quantitative estimate of drug-likeness (QED) is 0.252. The summed E-state index contributed by atoms with van der Waals surface area (Å²) < 4.78 is 5.32. The number of aliphatic hydroxyl groups is 1. The molecule has 5 rings (SSSR count). The summed E-state index contributed by atoms with van der Waals surface area (Å²) in [5.74, 6) is -0.822. The van der Waals surface area contributed by atoms with Crippen LogP contribution in [0.15, 0.2) is 97.1 Å². The maximum absolute atomic E-state index is 14.1. The Kier molecular flexibility index (Phi) is 9.72. The van der Waals surface area contributed by atoms with Crippen LogP contribution in [0.3, 0.4) is 0 Å². The number of rotatable bonds is 11. The van der Waals surface area contributed by atoms with Crippen molar-refractivity contribution in [3.63, 3.8) is 0 Å². The van der Waals surface area contributed by atoms with Crippen molar-refractivity contribution in [2.24, 2.45) is 0 Å². The van der Waals surface area contributed by atoms with Gasteiger partial charge in [-0.05, 0) is 64.9 Å². The van der Waals surface area contributed by atoms with Crippen LogP contribution in [0.5, 0.6) is 5.75 Å². The molecule has 0 unspecified atom stereocenters. The first-order chi connectivity index (χ1) is 21.4. The third kappa shape index (κ3) is 6.82. The number of aliphatic hydroxyl groups excluding tert-OH is 1. The van der Waals surface area contributed by atoms with Gasteiger partial charge in [-0.3, -0.25) is 14.4 Å². The highest BCUT2D eigenvalue weighted by atomic mass is 16.5. The number of amides is 2. The Bertz CT molecular complexity index is 1650. The summed E-state index contributed by atoms with van der Waals surface area (Å²) >= 11 is 0. The van der Waals surface area contributed by atoms with Crippen molar-refractivity contribution in [2.45, 2.75) is 31.8 Å². The number of ether oxygens (including phenoxy) is 1. The van der Waals surface area contributed by atoms with Crippen LogP contribution in [-0.4, -0.2) is 70.6 Å². The number of carboxylic acid groups (broad SMARTS) is 1. The Hall–Kier alpha value is -4.95. The fourth-order valence-electron chi connectivity index (χ4n) is 5.76. The van der Waals surface area contributed by atoms with E-state index in [1.54, 1.807) is 41.2 Å². The standard InChI is InChI=1S/C36H36N2O6/c1-44-29-12-8-9-25(21-29)17-19-37(20-18-34(40)41)35(42)32-15-6-4-13-30(32)31-14-5-7-16-33(31)36(43)38-23-27-11-3-2-10-26(27)22-28(38)24-39/h2-16,21,28,39H,17-20,22-24H2,1H3,(H,40,41)/t28-/m0/s1. The Labute approximate surface area is 257 Å². The van der Waals surface area contributed by atoms with E-state index in [0.29, 0.717) is 53.9 Å². The molecular formula is C36H36N2O6. The van der Waals surface area contributed by atoms with Crippen molar-refractivity contribution in [3.05, 3.63) is 125 Å². The normalized spacial score (nSPS) is 14.0. The first-order valence-electron chi connectivity index (χ1n) is 14.7. The molecule has 226 valence electrons. The molecule has 8 heteroatoms. The van der Waals surface area contributed by atoms with Gasteiger partial charge in [0.2, 0.25) is 0 Å². The molecule has 0 fully saturated rings. The zero-order chi connectivity index (χ0) is 31.1. The number of fused-ring (bicyclic) bond motifs is 1. The lowest BCUT2D eigenvalue weighted by atomic mass is 9.91. The van der Waals surface area contributed by atoms with Crippen LogP contribution in [-0.2, 0) is 24.2 Å². The van der Waals surface area contributed by atoms with E-state index in [1.165, 1.54) is 0 Å². The van der Waals surface area contributed by atoms with Gasteiger partial charge in [-0.1, -0.05) is 72.8 Å². The van der Waals surface area contributed by atoms with E-state index in [-0.39, 0.29) is 37.4 Å². The van der Waals surface area contributed by atoms with E-state index < -0.39 is 5.97 Å². The maximum Gasteiger partial charge on any atom is 0.305 e. The highest BCUT2D eigenvalue weighted by Gasteiger charge is 2.31. The van der Waals surface area contributed by atoms with Crippen molar-refractivity contribution < 1.29 is 29.3 Å². The summed E-state index contributed by atoms with van der Waals surface area (Å²) in [5, 5.41) is 19.6. The Morgan fingerprint density at radius 3 is 2.20 bits per heavy atom. The molecule has 1 aliphatic rings. The number of methoxy groups -OCH3 is 1. The zero-order valence-corrected chi connectivity index (χ0v) is 24.7. The van der Waals surface area contributed by atoms with E-state index in [4.69, 9.17) is 4.74 Å². The summed E-state index contributed by atoms with van der Waals surface area (Å²) in [6.45, 7) is 0.559. The third-order valence-corrected chi connectivity index (χ3v) is 8.12. The molecule has 0 aliphatic carbocycles. The summed E-state index contributed by atoms with van der Waals surface area (Å²) in [5.41, 5.74) is 5.12. The van der Waals surface area contributed by atoms with Gasteiger partial charge in [-0.2, -0.15) is 0 Å². The van der Waals surface area contributed by atoms with Crippen LogP contribution >= 0.6 is 0 Å². The molecule has 0 saturated carbocycles. The molecule has 8 nitrogen and oxygen atoms in total. The molecule has 0 spiro atoms. The van der Waals surface area contributed by atoms with Crippen LogP contribution < -0.4 is 4.74 Å². The monoisotopic (exact) mass is 592 g/mol. The Morgan fingerprint density at radius 2 is 1.50 bits per heavy atom. The average molecular weight is 593 g/mol. The molecule has 0 radical (unpaired) electrons. The lowest BCUT2D eigenvalue weighted by Crippen LogP contribution is -2.46. The molecule has 4 aromatic rings. The van der Waals surface area contributed by atoms with Gasteiger partial charge in [0.1, 0.15) is 5.75 Å². The van der Waals surface area contributed by atoms with Crippen LogP contribution in [0.2, 0.25) is 0 Å². The van der Waals surface area contributed by atoms with Crippen molar-refractivity contribution in [1.82, 2.24) is 9.80 Å². The minimum Gasteiger partial charge on any atom is -0.497 e. The molecule has 2 amide bonds. The largest absolute Gasteiger partial charge is 0.497 e. The van der Waals surface area contributed by atoms with Gasteiger partial charge in [0, 0.05) is 30.8 Å². The molecular weight excluding hydrogens is 556 g/mol. The second kappa shape index (κ2) is 14.0. The summed E-state index contributed by atoms with van der Waals surface area (Å²) in [6, 6.07) is 29.4. The summed E-state index contributed by atoms with van der Waals surface area (Å²) in [6.07, 6.45) is 0.875. The fraction of sp³-hybridized carbons (Fsp3) is 0.250. The summed E-state index contributed by atoms with van der Waals surface area (Å²) in [4.78, 5) is 43.0. The van der Waals surface area contributed by atoms with Gasteiger partial charge >= 0.3 is 5.97 Å². The lowest BCUT2D eigenvalue weighted by Gasteiger charge is -2.36. The van der Waals surface area contributed by atoms with Crippen LogP contribution in [0.4, 0.5) is 0 Å². The number of hydrogen-bond donors (Lipinski definition) is 2. The third-order valence-electron chi connectivity index (χ3n) is 8.12. The number of carbonyl (C=O) groups is 3. The predicted molar refractivity (Wildman–Crippen MR) is 168 cm³/mol. The van der Waals surface area contributed by atoms with E-state index >= 15 is 0 Å². The average Bonchev–Trinajstić information content (AvgIpc) is 3.07.